The van der Waals surface area contributed by atoms with Crippen LogP contribution in [0.25, 0.3) is 21.5 Å². The van der Waals surface area contributed by atoms with Crippen LogP contribution in [-0.2, 0) is 5.75 Å². The van der Waals surface area contributed by atoms with Crippen molar-refractivity contribution in [1.29, 1.82) is 0 Å². The van der Waals surface area contributed by atoms with Crippen LogP contribution in [-0.4, -0.2) is 5.17 Å². The number of hydrogen-bond acceptors (Lipinski definition) is 1. The normalized spacial score (nSPS) is 10.6. The van der Waals surface area contributed by atoms with Crippen LogP contribution in [0, 0.1) is 6.92 Å². The molecule has 0 aromatic heterocycles. The first-order valence-corrected chi connectivity index (χ1v) is 7.63. The maximum absolute atomic E-state index is 5.73. The number of hydrogen-bond donors (Lipinski definition) is 2. The largest absolute Gasteiger partial charge is 1.00 e. The van der Waals surface area contributed by atoms with E-state index in [-0.39, 0.29) is 12.4 Å². The summed E-state index contributed by atoms with van der Waals surface area (Å²) >= 11 is 1.60. The molecule has 0 bridgehead atoms. The number of rotatable bonds is 2. The standard InChI is InChI=1S/C17H16N2S.ClH/c1-11-12-6-2-4-8-14(12)16(10-20-17(18)19)15-9-5-3-7-13(11)15;/h2-9H,10H2,1H3,(H3,18,19);1H/p+1. The molecule has 0 aliphatic rings. The van der Waals surface area contributed by atoms with Crippen molar-refractivity contribution in [1.82, 2.24) is 0 Å². The molecule has 3 aromatic carbocycles. The number of aryl methyl sites for hydroxylation is 1. The number of nitrogens with two attached hydrogens (primary N) is 1. The van der Waals surface area contributed by atoms with Crippen LogP contribution in [0.5, 0.6) is 0 Å². The fraction of sp³-hybridized carbons (Fsp3) is 0.118. The predicted molar refractivity (Wildman–Crippen MR) is 87.3 cm³/mol. The average Bonchev–Trinajstić information content (AvgIpc) is 2.47. The molecule has 0 spiro atoms. The minimum atomic E-state index is 0. The lowest BCUT2D eigenvalue weighted by Gasteiger charge is -2.13. The molecule has 0 amide bonds. The van der Waals surface area contributed by atoms with Crippen molar-refractivity contribution in [3.05, 3.63) is 59.7 Å². The van der Waals surface area contributed by atoms with Gasteiger partial charge in [-0.1, -0.05) is 48.5 Å². The van der Waals surface area contributed by atoms with Gasteiger partial charge in [0.05, 0.1) is 0 Å². The monoisotopic (exact) mass is 317 g/mol. The third kappa shape index (κ3) is 2.91. The summed E-state index contributed by atoms with van der Waals surface area (Å²) < 4.78 is 0. The molecule has 0 saturated heterocycles. The quantitative estimate of drug-likeness (QED) is 0.352. The van der Waals surface area contributed by atoms with Crippen molar-refractivity contribution in [2.45, 2.75) is 12.7 Å². The SMILES string of the molecule is Cc1c2ccccc2c(CSC(=[NH2+])[NH3+])c2ccccc12.[Cl-]. The summed E-state index contributed by atoms with van der Waals surface area (Å²) in [5.74, 6) is 0.858. The average molecular weight is 318 g/mol. The van der Waals surface area contributed by atoms with Gasteiger partial charge in [-0.05, 0) is 39.6 Å². The maximum atomic E-state index is 5.73. The summed E-state index contributed by atoms with van der Waals surface area (Å²) in [6.07, 6.45) is 0. The van der Waals surface area contributed by atoms with Gasteiger partial charge in [0, 0.05) is 17.5 Å². The van der Waals surface area contributed by atoms with Gasteiger partial charge in [0.25, 0.3) is 0 Å². The Hall–Kier alpha value is -1.55. The van der Waals surface area contributed by atoms with Gasteiger partial charge in [-0.25, -0.2) is 5.41 Å². The Morgan fingerprint density at radius 1 is 0.952 bits per heavy atom. The highest BCUT2D eigenvalue weighted by Crippen LogP contribution is 2.34. The zero-order valence-electron chi connectivity index (χ0n) is 11.9. The first-order valence-electron chi connectivity index (χ1n) is 6.64. The fourth-order valence-electron chi connectivity index (χ4n) is 2.76. The van der Waals surface area contributed by atoms with E-state index in [4.69, 9.17) is 5.41 Å². The van der Waals surface area contributed by atoms with E-state index in [0.717, 1.165) is 5.75 Å². The molecule has 0 aliphatic carbocycles. The molecule has 0 heterocycles. The third-order valence-corrected chi connectivity index (χ3v) is 4.52. The molecule has 4 heteroatoms. The zero-order chi connectivity index (χ0) is 14.1. The van der Waals surface area contributed by atoms with Crippen molar-refractivity contribution >= 4 is 38.5 Å². The molecular weight excluding hydrogens is 300 g/mol. The number of benzene rings is 3. The number of quaternary nitrogens is 1. The van der Waals surface area contributed by atoms with E-state index in [0.29, 0.717) is 5.17 Å². The lowest BCUT2D eigenvalue weighted by atomic mass is 9.93. The fourth-order valence-corrected chi connectivity index (χ4v) is 3.40. The first kappa shape index (κ1) is 15.8. The van der Waals surface area contributed by atoms with Gasteiger partial charge in [-0.3, -0.25) is 5.73 Å². The Morgan fingerprint density at radius 2 is 1.38 bits per heavy atom. The Labute approximate surface area is 134 Å². The van der Waals surface area contributed by atoms with Crippen molar-refractivity contribution in [3.8, 4) is 0 Å². The van der Waals surface area contributed by atoms with Crippen LogP contribution in [0.4, 0.5) is 0 Å². The van der Waals surface area contributed by atoms with Crippen LogP contribution in [0.2, 0.25) is 0 Å². The highest BCUT2D eigenvalue weighted by molar-refractivity contribution is 8.12. The lowest BCUT2D eigenvalue weighted by Crippen LogP contribution is -3.00. The molecule has 0 saturated carbocycles. The topological polar surface area (TPSA) is 53.2 Å². The molecule has 0 unspecified atom stereocenters. The summed E-state index contributed by atoms with van der Waals surface area (Å²) in [7, 11) is 0. The van der Waals surface area contributed by atoms with Crippen LogP contribution >= 0.6 is 11.8 Å². The number of thioether (sulfide) groups is 1. The van der Waals surface area contributed by atoms with Crippen LogP contribution < -0.4 is 23.5 Å². The molecule has 5 N–H and O–H groups in total. The summed E-state index contributed by atoms with van der Waals surface area (Å²) in [6, 6.07) is 17.2. The molecule has 3 aromatic rings. The molecule has 0 aliphatic heterocycles. The van der Waals surface area contributed by atoms with Gasteiger partial charge in [-0.15, -0.1) is 0 Å². The van der Waals surface area contributed by atoms with Gasteiger partial charge in [0.1, 0.15) is 0 Å². The molecular formula is C17H18ClN2S+. The second kappa shape index (κ2) is 6.48. The summed E-state index contributed by atoms with van der Waals surface area (Å²) in [4.78, 5) is 0. The Balaban J connectivity index is 0.00000161. The summed E-state index contributed by atoms with van der Waals surface area (Å²) in [5, 5.41) is 11.7. The van der Waals surface area contributed by atoms with Gasteiger partial charge in [0.15, 0.2) is 0 Å². The molecule has 2 nitrogen and oxygen atoms in total. The van der Waals surface area contributed by atoms with E-state index in [2.05, 4.69) is 61.2 Å². The number of fused-ring (bicyclic) bond motifs is 2. The highest BCUT2D eigenvalue weighted by atomic mass is 35.5. The molecule has 0 atom stereocenters. The highest BCUT2D eigenvalue weighted by Gasteiger charge is 2.12. The molecule has 108 valence electrons. The van der Waals surface area contributed by atoms with Crippen LogP contribution in [0.15, 0.2) is 48.5 Å². The Kier molecular flexibility index (Phi) is 4.88. The predicted octanol–water partition coefficient (Wildman–Crippen LogP) is -1.10. The van der Waals surface area contributed by atoms with E-state index in [1.54, 1.807) is 11.8 Å². The van der Waals surface area contributed by atoms with E-state index in [1.807, 2.05) is 0 Å². The Morgan fingerprint density at radius 3 is 1.81 bits per heavy atom. The zero-order valence-corrected chi connectivity index (χ0v) is 13.5. The summed E-state index contributed by atoms with van der Waals surface area (Å²) in [5.41, 5.74) is 6.48. The van der Waals surface area contributed by atoms with Crippen molar-refractivity contribution < 1.29 is 23.5 Å². The number of amidine groups is 1. The third-order valence-electron chi connectivity index (χ3n) is 3.71. The lowest BCUT2D eigenvalue weighted by molar-refractivity contribution is -0.290. The molecule has 3 rings (SSSR count). The van der Waals surface area contributed by atoms with Gasteiger partial charge in [0.2, 0.25) is 0 Å². The van der Waals surface area contributed by atoms with Crippen molar-refractivity contribution in [2.75, 3.05) is 0 Å². The number of halogens is 1. The Bertz CT molecular complexity index is 757. The molecule has 0 fully saturated rings. The van der Waals surface area contributed by atoms with Gasteiger partial charge >= 0.3 is 5.17 Å². The van der Waals surface area contributed by atoms with E-state index in [9.17, 15) is 0 Å². The van der Waals surface area contributed by atoms with E-state index in [1.165, 1.54) is 32.7 Å². The van der Waals surface area contributed by atoms with Crippen molar-refractivity contribution in [3.63, 3.8) is 0 Å². The summed E-state index contributed by atoms with van der Waals surface area (Å²) in [6.45, 7) is 2.20. The van der Waals surface area contributed by atoms with Gasteiger partial charge < -0.3 is 12.4 Å². The smallest absolute Gasteiger partial charge is 0.392 e. The van der Waals surface area contributed by atoms with Crippen LogP contribution in [0.1, 0.15) is 11.1 Å². The van der Waals surface area contributed by atoms with E-state index < -0.39 is 0 Å². The van der Waals surface area contributed by atoms with E-state index >= 15 is 0 Å². The minimum absolute atomic E-state index is 0. The van der Waals surface area contributed by atoms with Crippen LogP contribution in [0.3, 0.4) is 0 Å². The molecule has 0 radical (unpaired) electrons. The molecule has 21 heavy (non-hydrogen) atoms. The first-order chi connectivity index (χ1) is 9.68. The second-order valence-corrected chi connectivity index (χ2v) is 6.05. The minimum Gasteiger partial charge on any atom is -1.00 e. The maximum Gasteiger partial charge on any atom is 0.392 e. The van der Waals surface area contributed by atoms with Crippen molar-refractivity contribution in [2.24, 2.45) is 0 Å². The second-order valence-electron chi connectivity index (χ2n) is 4.95. The van der Waals surface area contributed by atoms with Gasteiger partial charge in [-0.2, -0.15) is 0 Å².